The van der Waals surface area contributed by atoms with Gasteiger partial charge in [0.05, 0.1) is 27.8 Å². The third kappa shape index (κ3) is 4.49. The van der Waals surface area contributed by atoms with Crippen molar-refractivity contribution >= 4 is 97.1 Å². The Morgan fingerprint density at radius 3 is 1.84 bits per heavy atom. The Hall–Kier alpha value is -7.40. The van der Waals surface area contributed by atoms with Crippen LogP contribution in [0.2, 0.25) is 0 Å². The highest BCUT2D eigenvalue weighted by Crippen LogP contribution is 2.44. The lowest BCUT2D eigenvalue weighted by molar-refractivity contribution is 0.666. The first-order valence-corrected chi connectivity index (χ1v) is 20.6. The van der Waals surface area contributed by atoms with Crippen LogP contribution in [-0.4, -0.2) is 9.13 Å². The Bertz CT molecular complexity index is 3800. The Kier molecular flexibility index (Phi) is 6.60. The van der Waals surface area contributed by atoms with E-state index in [-0.39, 0.29) is 0 Å². The number of hydrogen-bond donors (Lipinski definition) is 0. The first-order chi connectivity index (χ1) is 28.8. The number of thiophene rings is 1. The average Bonchev–Trinajstić information content (AvgIpc) is 4.03. The van der Waals surface area contributed by atoms with Crippen molar-refractivity contribution in [3.05, 3.63) is 194 Å². The summed E-state index contributed by atoms with van der Waals surface area (Å²) in [5.41, 5.74) is 13.4. The maximum atomic E-state index is 6.64. The van der Waals surface area contributed by atoms with E-state index in [2.05, 4.69) is 197 Å². The second-order valence-corrected chi connectivity index (χ2v) is 16.3. The van der Waals surface area contributed by atoms with Gasteiger partial charge < -0.3 is 13.6 Å². The summed E-state index contributed by atoms with van der Waals surface area (Å²) in [6.07, 6.45) is 0. The average molecular weight is 757 g/mol. The lowest BCUT2D eigenvalue weighted by Crippen LogP contribution is -1.96. The number of benzene rings is 9. The first kappa shape index (κ1) is 31.8. The van der Waals surface area contributed by atoms with Gasteiger partial charge >= 0.3 is 0 Å². The summed E-state index contributed by atoms with van der Waals surface area (Å²) in [4.78, 5) is 0. The maximum absolute atomic E-state index is 6.64. The summed E-state index contributed by atoms with van der Waals surface area (Å²) >= 11 is 1.86. The smallest absolute Gasteiger partial charge is 0.159 e. The van der Waals surface area contributed by atoms with Gasteiger partial charge in [-0.05, 0) is 89.0 Å². The van der Waals surface area contributed by atoms with Crippen molar-refractivity contribution in [2.24, 2.45) is 0 Å². The summed E-state index contributed by atoms with van der Waals surface area (Å²) in [7, 11) is 0. The van der Waals surface area contributed by atoms with Crippen LogP contribution in [0.1, 0.15) is 0 Å². The molecule has 0 amide bonds. The molecule has 0 aliphatic carbocycles. The minimum atomic E-state index is 0.893. The monoisotopic (exact) mass is 756 g/mol. The van der Waals surface area contributed by atoms with E-state index in [9.17, 15) is 0 Å². The van der Waals surface area contributed by atoms with E-state index in [0.29, 0.717) is 0 Å². The van der Waals surface area contributed by atoms with E-state index >= 15 is 0 Å². The van der Waals surface area contributed by atoms with Gasteiger partial charge in [0.15, 0.2) is 5.58 Å². The predicted octanol–water partition coefficient (Wildman–Crippen LogP) is 15.5. The molecule has 0 radical (unpaired) electrons. The number of hydrogen-bond acceptors (Lipinski definition) is 2. The zero-order valence-corrected chi connectivity index (χ0v) is 32.0. The van der Waals surface area contributed by atoms with Crippen LogP contribution in [0.4, 0.5) is 0 Å². The minimum absolute atomic E-state index is 0.893. The zero-order valence-electron chi connectivity index (χ0n) is 31.2. The molecule has 270 valence electrons. The van der Waals surface area contributed by atoms with Crippen molar-refractivity contribution in [2.75, 3.05) is 0 Å². The molecule has 9 aromatic carbocycles. The molecule has 0 spiro atoms. The van der Waals surface area contributed by atoms with Crippen molar-refractivity contribution < 1.29 is 4.42 Å². The number of para-hydroxylation sites is 4. The van der Waals surface area contributed by atoms with Crippen LogP contribution >= 0.6 is 11.3 Å². The molecule has 4 aromatic heterocycles. The van der Waals surface area contributed by atoms with Crippen LogP contribution in [0, 0.1) is 0 Å². The van der Waals surface area contributed by atoms with E-state index in [4.69, 9.17) is 4.42 Å². The highest BCUT2D eigenvalue weighted by Gasteiger charge is 2.21. The van der Waals surface area contributed by atoms with Gasteiger partial charge in [-0.15, -0.1) is 11.3 Å². The van der Waals surface area contributed by atoms with Crippen LogP contribution in [0.15, 0.2) is 199 Å². The van der Waals surface area contributed by atoms with Crippen molar-refractivity contribution in [3.8, 4) is 33.6 Å². The molecule has 4 heterocycles. The van der Waals surface area contributed by atoms with Crippen LogP contribution in [0.5, 0.6) is 0 Å². The van der Waals surface area contributed by atoms with Crippen molar-refractivity contribution in [3.63, 3.8) is 0 Å². The maximum Gasteiger partial charge on any atom is 0.159 e. The molecular weight excluding hydrogens is 725 g/mol. The Labute approximate surface area is 336 Å². The molecule has 58 heavy (non-hydrogen) atoms. The fourth-order valence-electron chi connectivity index (χ4n) is 9.55. The molecule has 0 saturated carbocycles. The highest BCUT2D eigenvalue weighted by molar-refractivity contribution is 7.25. The second-order valence-electron chi connectivity index (χ2n) is 15.2. The number of rotatable bonds is 4. The molecular formula is C54H32N2OS. The normalized spacial score (nSPS) is 12.1. The lowest BCUT2D eigenvalue weighted by Gasteiger charge is -2.15. The van der Waals surface area contributed by atoms with Gasteiger partial charge in [-0.3, -0.25) is 0 Å². The molecule has 0 atom stereocenters. The summed E-state index contributed by atoms with van der Waals surface area (Å²) in [6.45, 7) is 0. The molecule has 4 heteroatoms. The summed E-state index contributed by atoms with van der Waals surface area (Å²) in [6, 6.07) is 70.9. The number of nitrogens with zero attached hydrogens (tertiary/aromatic N) is 2. The number of aromatic nitrogens is 2. The topological polar surface area (TPSA) is 23.0 Å². The number of fused-ring (bicyclic) bond motifs is 12. The SMILES string of the molecule is c1ccc(-c2cc3c(cc2-c2ccc4c5ccccc5n(-c5cccc6c5oc5ccccc56)c4c2)c2ccccc2n3-c2ccc3sc4ccccc4c3c2)cc1. The minimum Gasteiger partial charge on any atom is -0.454 e. The fraction of sp³-hybridized carbons (Fsp3) is 0. The Balaban J connectivity index is 1.10. The molecule has 0 aliphatic heterocycles. The standard InChI is InChI=1S/C54H32N2OS/c1-2-13-33(14-3-1)43-32-50-44(37-16-5-8-20-46(37)55(50)35-26-28-53-45(30-35)40-18-7-11-24-52(40)58-53)31-42(43)34-25-27-38-36-15-4-9-21-47(36)56(49(38)29-34)48-22-12-19-41-39-17-6-10-23-51(39)57-54(41)48/h1-32H. The van der Waals surface area contributed by atoms with Gasteiger partial charge in [-0.1, -0.05) is 127 Å². The largest absolute Gasteiger partial charge is 0.454 e. The van der Waals surface area contributed by atoms with Gasteiger partial charge in [-0.2, -0.15) is 0 Å². The summed E-state index contributed by atoms with van der Waals surface area (Å²) in [5, 5.41) is 9.75. The highest BCUT2D eigenvalue weighted by atomic mass is 32.1. The second kappa shape index (κ2) is 12.1. The molecule has 3 nitrogen and oxygen atoms in total. The first-order valence-electron chi connectivity index (χ1n) is 19.8. The van der Waals surface area contributed by atoms with Crippen LogP contribution in [0.3, 0.4) is 0 Å². The van der Waals surface area contributed by atoms with Crippen molar-refractivity contribution in [2.45, 2.75) is 0 Å². The quantitative estimate of drug-likeness (QED) is 0.175. The molecule has 13 rings (SSSR count). The van der Waals surface area contributed by atoms with Gasteiger partial charge in [0, 0.05) is 58.2 Å². The third-order valence-electron chi connectivity index (χ3n) is 12.1. The summed E-state index contributed by atoms with van der Waals surface area (Å²) in [5.74, 6) is 0. The zero-order chi connectivity index (χ0) is 37.9. The van der Waals surface area contributed by atoms with Crippen molar-refractivity contribution in [1.82, 2.24) is 9.13 Å². The number of furan rings is 1. The fourth-order valence-corrected chi connectivity index (χ4v) is 10.6. The summed E-state index contributed by atoms with van der Waals surface area (Å²) < 4.78 is 14.1. The van der Waals surface area contributed by atoms with Crippen LogP contribution < -0.4 is 0 Å². The molecule has 0 aliphatic rings. The molecule has 0 N–H and O–H groups in total. The van der Waals surface area contributed by atoms with Gasteiger partial charge in [0.25, 0.3) is 0 Å². The Morgan fingerprint density at radius 1 is 0.345 bits per heavy atom. The third-order valence-corrected chi connectivity index (χ3v) is 13.3. The van der Waals surface area contributed by atoms with E-state index in [1.165, 1.54) is 75.1 Å². The molecule has 13 aromatic rings. The molecule has 0 bridgehead atoms. The van der Waals surface area contributed by atoms with E-state index in [1.54, 1.807) is 0 Å². The van der Waals surface area contributed by atoms with E-state index in [1.807, 2.05) is 17.4 Å². The van der Waals surface area contributed by atoms with Crippen molar-refractivity contribution in [1.29, 1.82) is 0 Å². The molecule has 0 saturated heterocycles. The van der Waals surface area contributed by atoms with E-state index in [0.717, 1.165) is 44.2 Å². The van der Waals surface area contributed by atoms with Gasteiger partial charge in [0.2, 0.25) is 0 Å². The van der Waals surface area contributed by atoms with Crippen LogP contribution in [0.25, 0.3) is 119 Å². The van der Waals surface area contributed by atoms with Crippen LogP contribution in [-0.2, 0) is 0 Å². The lowest BCUT2D eigenvalue weighted by atomic mass is 9.92. The molecule has 0 unspecified atom stereocenters. The Morgan fingerprint density at radius 2 is 0.983 bits per heavy atom. The van der Waals surface area contributed by atoms with E-state index < -0.39 is 0 Å². The van der Waals surface area contributed by atoms with Gasteiger partial charge in [-0.25, -0.2) is 0 Å². The predicted molar refractivity (Wildman–Crippen MR) is 246 cm³/mol. The molecule has 0 fully saturated rings. The van der Waals surface area contributed by atoms with Gasteiger partial charge in [0.1, 0.15) is 5.58 Å².